The molecule has 24 heavy (non-hydrogen) atoms. The first-order valence-corrected chi connectivity index (χ1v) is 7.45. The van der Waals surface area contributed by atoms with Crippen molar-refractivity contribution in [1.29, 1.82) is 0 Å². The van der Waals surface area contributed by atoms with Crippen molar-refractivity contribution in [2.45, 2.75) is 25.6 Å². The van der Waals surface area contributed by atoms with Crippen molar-refractivity contribution >= 4 is 17.4 Å². The van der Waals surface area contributed by atoms with E-state index in [1.54, 1.807) is 0 Å². The molecule has 2 aromatic carbocycles. The molecular weight excluding hydrogens is 321 g/mol. The SMILES string of the molecule is O=C(Nc1ccc(OC(F)(F)F)cc1)Nc1ccc2c(c1)CCC2. The Labute approximate surface area is 136 Å². The molecule has 0 unspecified atom stereocenters. The minimum atomic E-state index is -4.74. The first kappa shape index (κ1) is 16.2. The second kappa shape index (κ2) is 6.43. The molecule has 1 aliphatic rings. The standard InChI is InChI=1S/C17H15F3N2O2/c18-17(19,20)24-15-8-6-13(7-9-15)21-16(23)22-14-5-4-11-2-1-3-12(11)10-14/h4-10H,1-3H2,(H2,21,22,23). The first-order chi connectivity index (χ1) is 11.4. The van der Waals surface area contributed by atoms with Gasteiger partial charge >= 0.3 is 12.4 Å². The molecule has 0 radical (unpaired) electrons. The molecule has 7 heteroatoms. The largest absolute Gasteiger partial charge is 0.573 e. The maximum atomic E-state index is 12.1. The zero-order chi connectivity index (χ0) is 17.2. The van der Waals surface area contributed by atoms with Gasteiger partial charge in [-0.25, -0.2) is 4.79 Å². The summed E-state index contributed by atoms with van der Waals surface area (Å²) in [6.45, 7) is 0. The normalized spacial score (nSPS) is 13.3. The summed E-state index contributed by atoms with van der Waals surface area (Å²) in [6.07, 6.45) is -1.54. The lowest BCUT2D eigenvalue weighted by atomic mass is 10.1. The van der Waals surface area contributed by atoms with Gasteiger partial charge in [0.2, 0.25) is 0 Å². The lowest BCUT2D eigenvalue weighted by Gasteiger charge is -2.11. The monoisotopic (exact) mass is 336 g/mol. The van der Waals surface area contributed by atoms with E-state index in [-0.39, 0.29) is 5.75 Å². The fourth-order valence-corrected chi connectivity index (χ4v) is 2.68. The van der Waals surface area contributed by atoms with Crippen LogP contribution in [0, 0.1) is 0 Å². The number of amides is 2. The summed E-state index contributed by atoms with van der Waals surface area (Å²) >= 11 is 0. The van der Waals surface area contributed by atoms with Crippen molar-refractivity contribution in [2.75, 3.05) is 10.6 Å². The molecule has 0 spiro atoms. The molecule has 4 nitrogen and oxygen atoms in total. The molecule has 0 aliphatic heterocycles. The van der Waals surface area contributed by atoms with Crippen molar-refractivity contribution in [3.8, 4) is 5.75 Å². The summed E-state index contributed by atoms with van der Waals surface area (Å²) in [4.78, 5) is 12.0. The predicted molar refractivity (Wildman–Crippen MR) is 84.2 cm³/mol. The minimum absolute atomic E-state index is 0.341. The topological polar surface area (TPSA) is 50.4 Å². The number of aryl methyl sites for hydroxylation is 2. The van der Waals surface area contributed by atoms with Crippen LogP contribution in [0.25, 0.3) is 0 Å². The van der Waals surface area contributed by atoms with E-state index in [9.17, 15) is 18.0 Å². The lowest BCUT2D eigenvalue weighted by molar-refractivity contribution is -0.274. The van der Waals surface area contributed by atoms with Crippen LogP contribution in [0.5, 0.6) is 5.75 Å². The smallest absolute Gasteiger partial charge is 0.406 e. The summed E-state index contributed by atoms with van der Waals surface area (Å²) in [5.41, 5.74) is 3.59. The third-order valence-corrected chi connectivity index (χ3v) is 3.70. The molecule has 2 aromatic rings. The molecule has 1 aliphatic carbocycles. The Bertz CT molecular complexity index is 742. The Kier molecular flexibility index (Phi) is 4.33. The molecular formula is C17H15F3N2O2. The maximum absolute atomic E-state index is 12.1. The molecule has 0 atom stereocenters. The van der Waals surface area contributed by atoms with Gasteiger partial charge in [0.25, 0.3) is 0 Å². The van der Waals surface area contributed by atoms with Gasteiger partial charge in [0.1, 0.15) is 5.75 Å². The van der Waals surface area contributed by atoms with Crippen molar-refractivity contribution in [1.82, 2.24) is 0 Å². The van der Waals surface area contributed by atoms with E-state index in [1.807, 2.05) is 18.2 Å². The van der Waals surface area contributed by atoms with Gasteiger partial charge in [0.05, 0.1) is 0 Å². The summed E-state index contributed by atoms with van der Waals surface area (Å²) in [7, 11) is 0. The number of halogens is 3. The number of rotatable bonds is 3. The van der Waals surface area contributed by atoms with Gasteiger partial charge in [0.15, 0.2) is 0 Å². The number of anilines is 2. The number of fused-ring (bicyclic) bond motifs is 1. The van der Waals surface area contributed by atoms with Gasteiger partial charge in [0, 0.05) is 11.4 Å². The van der Waals surface area contributed by atoms with Gasteiger partial charge in [-0.2, -0.15) is 0 Å². The van der Waals surface area contributed by atoms with Crippen LogP contribution in [0.3, 0.4) is 0 Å². The van der Waals surface area contributed by atoms with Crippen molar-refractivity contribution in [3.63, 3.8) is 0 Å². The number of ether oxygens (including phenoxy) is 1. The van der Waals surface area contributed by atoms with Crippen LogP contribution in [0.15, 0.2) is 42.5 Å². The van der Waals surface area contributed by atoms with E-state index in [1.165, 1.54) is 23.3 Å². The number of hydrogen-bond donors (Lipinski definition) is 2. The number of carbonyl (C=O) groups excluding carboxylic acids is 1. The van der Waals surface area contributed by atoms with Crippen LogP contribution in [-0.2, 0) is 12.8 Å². The molecule has 2 N–H and O–H groups in total. The maximum Gasteiger partial charge on any atom is 0.573 e. The number of alkyl halides is 3. The van der Waals surface area contributed by atoms with Crippen molar-refractivity contribution < 1.29 is 22.7 Å². The van der Waals surface area contributed by atoms with E-state index in [0.717, 1.165) is 31.4 Å². The fraction of sp³-hybridized carbons (Fsp3) is 0.235. The molecule has 126 valence electrons. The number of urea groups is 1. The second-order valence-corrected chi connectivity index (χ2v) is 5.49. The molecule has 0 fully saturated rings. The Morgan fingerprint density at radius 1 is 0.917 bits per heavy atom. The summed E-state index contributed by atoms with van der Waals surface area (Å²) in [6, 6.07) is 10.3. The average Bonchev–Trinajstić information content (AvgIpc) is 2.95. The molecule has 3 rings (SSSR count). The second-order valence-electron chi connectivity index (χ2n) is 5.49. The summed E-state index contributed by atoms with van der Waals surface area (Å²) in [5.74, 6) is -0.341. The third-order valence-electron chi connectivity index (χ3n) is 3.70. The van der Waals surface area contributed by atoms with Crippen molar-refractivity contribution in [3.05, 3.63) is 53.6 Å². The van der Waals surface area contributed by atoms with Crippen LogP contribution < -0.4 is 15.4 Å². The zero-order valence-electron chi connectivity index (χ0n) is 12.6. The quantitative estimate of drug-likeness (QED) is 0.852. The Morgan fingerprint density at radius 2 is 1.54 bits per heavy atom. The average molecular weight is 336 g/mol. The first-order valence-electron chi connectivity index (χ1n) is 7.45. The minimum Gasteiger partial charge on any atom is -0.406 e. The third kappa shape index (κ3) is 4.18. The zero-order valence-corrected chi connectivity index (χ0v) is 12.6. The Balaban J connectivity index is 1.58. The molecule has 0 saturated heterocycles. The van der Waals surface area contributed by atoms with Crippen LogP contribution in [0.1, 0.15) is 17.5 Å². The molecule has 0 bridgehead atoms. The van der Waals surface area contributed by atoms with Gasteiger partial charge < -0.3 is 15.4 Å². The Morgan fingerprint density at radius 3 is 2.25 bits per heavy atom. The van der Waals surface area contributed by atoms with Gasteiger partial charge in [-0.05, 0) is 66.8 Å². The lowest BCUT2D eigenvalue weighted by Crippen LogP contribution is -2.19. The van der Waals surface area contributed by atoms with E-state index in [0.29, 0.717) is 11.4 Å². The van der Waals surface area contributed by atoms with Gasteiger partial charge in [-0.3, -0.25) is 0 Å². The number of benzene rings is 2. The number of carbonyl (C=O) groups is 1. The summed E-state index contributed by atoms with van der Waals surface area (Å²) < 4.78 is 40.0. The van der Waals surface area contributed by atoms with Crippen molar-refractivity contribution in [2.24, 2.45) is 0 Å². The van der Waals surface area contributed by atoms with Crippen LogP contribution in [0.2, 0.25) is 0 Å². The molecule has 2 amide bonds. The van der Waals surface area contributed by atoms with E-state index >= 15 is 0 Å². The highest BCUT2D eigenvalue weighted by Crippen LogP contribution is 2.26. The predicted octanol–water partition coefficient (Wildman–Crippen LogP) is 4.72. The molecule has 0 heterocycles. The number of nitrogens with one attached hydrogen (secondary N) is 2. The van der Waals surface area contributed by atoms with E-state index < -0.39 is 12.4 Å². The van der Waals surface area contributed by atoms with Crippen LogP contribution in [-0.4, -0.2) is 12.4 Å². The molecule has 0 aromatic heterocycles. The number of hydrogen-bond acceptors (Lipinski definition) is 2. The highest BCUT2D eigenvalue weighted by molar-refractivity contribution is 5.99. The molecule has 0 saturated carbocycles. The highest BCUT2D eigenvalue weighted by Gasteiger charge is 2.30. The fourth-order valence-electron chi connectivity index (χ4n) is 2.68. The summed E-state index contributed by atoms with van der Waals surface area (Å²) in [5, 5.41) is 5.27. The Hall–Kier alpha value is -2.70. The van der Waals surface area contributed by atoms with Crippen LogP contribution in [0.4, 0.5) is 29.3 Å². The van der Waals surface area contributed by atoms with Crippen LogP contribution >= 0.6 is 0 Å². The van der Waals surface area contributed by atoms with Gasteiger partial charge in [-0.15, -0.1) is 13.2 Å². The van der Waals surface area contributed by atoms with Gasteiger partial charge in [-0.1, -0.05) is 6.07 Å². The van der Waals surface area contributed by atoms with E-state index in [4.69, 9.17) is 0 Å². The highest BCUT2D eigenvalue weighted by atomic mass is 19.4. The van der Waals surface area contributed by atoms with E-state index in [2.05, 4.69) is 15.4 Å².